The van der Waals surface area contributed by atoms with Gasteiger partial charge in [-0.05, 0) is 42.2 Å². The van der Waals surface area contributed by atoms with Crippen molar-refractivity contribution in [3.05, 3.63) is 77.1 Å². The third-order valence-corrected chi connectivity index (χ3v) is 4.56. The maximum absolute atomic E-state index is 13.1. The Labute approximate surface area is 173 Å². The number of nitriles is 1. The highest BCUT2D eigenvalue weighted by atomic mass is 19.4. The molecule has 4 nitrogen and oxygen atoms in total. The van der Waals surface area contributed by atoms with Crippen LogP contribution in [0.5, 0.6) is 5.75 Å². The smallest absolute Gasteiger partial charge is 0.417 e. The molecule has 0 bridgehead atoms. The van der Waals surface area contributed by atoms with Crippen molar-refractivity contribution in [2.75, 3.05) is 0 Å². The van der Waals surface area contributed by atoms with Crippen LogP contribution in [0.2, 0.25) is 0 Å². The Morgan fingerprint density at radius 1 is 1.00 bits per heavy atom. The summed E-state index contributed by atoms with van der Waals surface area (Å²) in [7, 11) is 0. The molecule has 0 amide bonds. The lowest BCUT2D eigenvalue weighted by Gasteiger charge is -2.12. The predicted molar refractivity (Wildman–Crippen MR) is 107 cm³/mol. The Morgan fingerprint density at radius 3 is 2.30 bits per heavy atom. The number of rotatable bonds is 7. The lowest BCUT2D eigenvalue weighted by atomic mass is 10.1. The molecular formula is C23H20F3N3O. The van der Waals surface area contributed by atoms with Gasteiger partial charge in [-0.25, -0.2) is 9.97 Å². The molecule has 0 aliphatic carbocycles. The maximum Gasteiger partial charge on any atom is 0.417 e. The molecule has 0 aliphatic heterocycles. The second-order valence-electron chi connectivity index (χ2n) is 6.82. The van der Waals surface area contributed by atoms with Crippen LogP contribution in [-0.2, 0) is 19.2 Å². The Morgan fingerprint density at radius 2 is 1.70 bits per heavy atom. The van der Waals surface area contributed by atoms with Crippen molar-refractivity contribution in [1.82, 2.24) is 9.97 Å². The van der Waals surface area contributed by atoms with Crippen molar-refractivity contribution in [2.24, 2.45) is 0 Å². The maximum atomic E-state index is 13.1. The number of alkyl halides is 3. The molecule has 1 heterocycles. The van der Waals surface area contributed by atoms with Crippen molar-refractivity contribution < 1.29 is 17.9 Å². The quantitative estimate of drug-likeness (QED) is 0.482. The number of unbranched alkanes of at least 4 members (excludes halogenated alkanes) is 1. The van der Waals surface area contributed by atoms with E-state index in [4.69, 9.17) is 10.00 Å². The fourth-order valence-corrected chi connectivity index (χ4v) is 2.88. The number of aromatic nitrogens is 2. The highest BCUT2D eigenvalue weighted by Crippen LogP contribution is 2.34. The summed E-state index contributed by atoms with van der Waals surface area (Å²) in [4.78, 5) is 8.80. The van der Waals surface area contributed by atoms with Gasteiger partial charge < -0.3 is 4.74 Å². The Kier molecular flexibility index (Phi) is 6.68. The Bertz CT molecular complexity index is 1020. The first-order valence-corrected chi connectivity index (χ1v) is 9.55. The zero-order chi connectivity index (χ0) is 21.6. The zero-order valence-electron chi connectivity index (χ0n) is 16.4. The highest BCUT2D eigenvalue weighted by Gasteiger charge is 2.34. The van der Waals surface area contributed by atoms with Crippen LogP contribution in [-0.4, -0.2) is 9.97 Å². The van der Waals surface area contributed by atoms with Crippen LogP contribution in [0, 0.1) is 11.3 Å². The minimum Gasteiger partial charge on any atom is -0.489 e. The van der Waals surface area contributed by atoms with Crippen LogP contribution in [0.4, 0.5) is 13.2 Å². The molecule has 2 aromatic carbocycles. The van der Waals surface area contributed by atoms with Gasteiger partial charge in [0.05, 0.1) is 17.2 Å². The first-order valence-electron chi connectivity index (χ1n) is 9.55. The summed E-state index contributed by atoms with van der Waals surface area (Å²) in [5, 5.41) is 8.85. The summed E-state index contributed by atoms with van der Waals surface area (Å²) in [5.41, 5.74) is 1.30. The van der Waals surface area contributed by atoms with Crippen LogP contribution in [0.1, 0.15) is 42.0 Å². The monoisotopic (exact) mass is 411 g/mol. The third kappa shape index (κ3) is 5.35. The summed E-state index contributed by atoms with van der Waals surface area (Å²) in [6.07, 6.45) is 2.22. The molecule has 154 valence electrons. The summed E-state index contributed by atoms with van der Waals surface area (Å²) in [5.74, 6) is 0.668. The van der Waals surface area contributed by atoms with Crippen LogP contribution >= 0.6 is 0 Å². The van der Waals surface area contributed by atoms with Crippen molar-refractivity contribution >= 4 is 0 Å². The molecule has 30 heavy (non-hydrogen) atoms. The highest BCUT2D eigenvalue weighted by molar-refractivity contribution is 5.55. The van der Waals surface area contributed by atoms with E-state index in [1.165, 1.54) is 6.07 Å². The molecule has 0 spiro atoms. The number of halogens is 3. The molecule has 0 atom stereocenters. The van der Waals surface area contributed by atoms with Gasteiger partial charge in [0.2, 0.25) is 0 Å². The fraction of sp³-hybridized carbons (Fsp3) is 0.261. The van der Waals surface area contributed by atoms with Gasteiger partial charge in [-0.2, -0.15) is 18.4 Å². The lowest BCUT2D eigenvalue weighted by molar-refractivity contribution is -0.137. The molecule has 0 saturated heterocycles. The summed E-state index contributed by atoms with van der Waals surface area (Å²) in [6, 6.07) is 12.2. The molecule has 0 saturated carbocycles. The number of ether oxygens (including phenoxy) is 1. The fourth-order valence-electron chi connectivity index (χ4n) is 2.88. The number of hydrogen-bond acceptors (Lipinski definition) is 4. The van der Waals surface area contributed by atoms with Crippen LogP contribution < -0.4 is 4.74 Å². The molecule has 0 aliphatic rings. The van der Waals surface area contributed by atoms with Gasteiger partial charge in [0.1, 0.15) is 12.4 Å². The number of aryl methyl sites for hydroxylation is 1. The predicted octanol–water partition coefficient (Wildman–Crippen LogP) is 5.96. The molecule has 0 N–H and O–H groups in total. The average Bonchev–Trinajstić information content (AvgIpc) is 2.76. The van der Waals surface area contributed by atoms with Gasteiger partial charge in [-0.15, -0.1) is 0 Å². The molecule has 0 unspecified atom stereocenters. The van der Waals surface area contributed by atoms with E-state index in [2.05, 4.69) is 16.9 Å². The van der Waals surface area contributed by atoms with Gasteiger partial charge in [0.25, 0.3) is 0 Å². The normalized spacial score (nSPS) is 11.2. The van der Waals surface area contributed by atoms with Crippen molar-refractivity contribution in [3.8, 4) is 23.2 Å². The molecule has 3 aromatic rings. The van der Waals surface area contributed by atoms with Gasteiger partial charge in [0.15, 0.2) is 5.82 Å². The minimum atomic E-state index is -4.61. The third-order valence-electron chi connectivity index (χ3n) is 4.56. The number of benzene rings is 2. The molecule has 7 heteroatoms. The van der Waals surface area contributed by atoms with Gasteiger partial charge in [0, 0.05) is 18.0 Å². The topological polar surface area (TPSA) is 58.8 Å². The second kappa shape index (κ2) is 9.40. The summed E-state index contributed by atoms with van der Waals surface area (Å²) >= 11 is 0. The van der Waals surface area contributed by atoms with E-state index in [0.717, 1.165) is 48.1 Å². The van der Waals surface area contributed by atoms with Crippen LogP contribution in [0.25, 0.3) is 11.4 Å². The van der Waals surface area contributed by atoms with Crippen molar-refractivity contribution in [3.63, 3.8) is 0 Å². The Balaban J connectivity index is 1.66. The van der Waals surface area contributed by atoms with E-state index in [1.807, 2.05) is 36.7 Å². The van der Waals surface area contributed by atoms with E-state index in [-0.39, 0.29) is 12.4 Å². The average molecular weight is 411 g/mol. The lowest BCUT2D eigenvalue weighted by Crippen LogP contribution is -2.08. The Hall–Kier alpha value is -3.40. The zero-order valence-corrected chi connectivity index (χ0v) is 16.4. The van der Waals surface area contributed by atoms with E-state index in [9.17, 15) is 13.2 Å². The molecule has 0 radical (unpaired) electrons. The molecular weight excluding hydrogens is 391 g/mol. The molecule has 0 fully saturated rings. The summed E-state index contributed by atoms with van der Waals surface area (Å²) < 4.78 is 44.6. The van der Waals surface area contributed by atoms with E-state index >= 15 is 0 Å². The molecule has 1 aromatic heterocycles. The summed E-state index contributed by atoms with van der Waals surface area (Å²) in [6.45, 7) is 2.23. The largest absolute Gasteiger partial charge is 0.489 e. The number of hydrogen-bond donors (Lipinski definition) is 0. The van der Waals surface area contributed by atoms with E-state index in [0.29, 0.717) is 5.82 Å². The van der Waals surface area contributed by atoms with Crippen LogP contribution in [0.3, 0.4) is 0 Å². The van der Waals surface area contributed by atoms with Crippen molar-refractivity contribution in [1.29, 1.82) is 5.26 Å². The van der Waals surface area contributed by atoms with E-state index < -0.39 is 17.3 Å². The molecule has 3 rings (SSSR count). The SMILES string of the molecule is CCCCc1cnc(-c2ccc(COc3ccc(C#N)c(C(F)(F)F)c3)cc2)nc1. The minimum absolute atomic E-state index is 0.0522. The van der Waals surface area contributed by atoms with Gasteiger partial charge >= 0.3 is 6.18 Å². The van der Waals surface area contributed by atoms with Gasteiger partial charge in [-0.3, -0.25) is 0 Å². The van der Waals surface area contributed by atoms with Gasteiger partial charge in [-0.1, -0.05) is 37.6 Å². The number of nitrogens with zero attached hydrogens (tertiary/aromatic N) is 3. The first-order chi connectivity index (χ1) is 14.4. The van der Waals surface area contributed by atoms with Crippen molar-refractivity contribution in [2.45, 2.75) is 39.0 Å². The first kappa shape index (κ1) is 21.3. The standard InChI is InChI=1S/C23H20F3N3O/c1-2-3-4-17-13-28-22(29-14-17)18-7-5-16(6-8-18)15-30-20-10-9-19(12-27)21(11-20)23(24,25)26/h5-11,13-14H,2-4,15H2,1H3. The van der Waals surface area contributed by atoms with Crippen LogP contribution in [0.15, 0.2) is 54.9 Å². The second-order valence-corrected chi connectivity index (χ2v) is 6.82. The van der Waals surface area contributed by atoms with E-state index in [1.54, 1.807) is 6.07 Å².